The average Bonchev–Trinajstić information content (AvgIpc) is 2.90. The predicted molar refractivity (Wildman–Crippen MR) is 148 cm³/mol. The van der Waals surface area contributed by atoms with Crippen LogP contribution < -0.4 is 10.1 Å². The fourth-order valence-corrected chi connectivity index (χ4v) is 4.68. The first-order valence-electron chi connectivity index (χ1n) is 12.6. The van der Waals surface area contributed by atoms with E-state index in [1.807, 2.05) is 57.2 Å². The van der Waals surface area contributed by atoms with E-state index < -0.39 is 5.60 Å². The number of carbonyl (C=O) groups is 1. The highest BCUT2D eigenvalue weighted by Crippen LogP contribution is 2.33. The molecule has 2 aromatic carbocycles. The van der Waals surface area contributed by atoms with Gasteiger partial charge >= 0.3 is 6.09 Å². The minimum Gasteiger partial charge on any atom is -0.444 e. The van der Waals surface area contributed by atoms with Crippen molar-refractivity contribution in [1.82, 2.24) is 19.9 Å². The van der Waals surface area contributed by atoms with Crippen molar-refractivity contribution in [3.63, 3.8) is 0 Å². The Morgan fingerprint density at radius 2 is 1.89 bits per heavy atom. The quantitative estimate of drug-likeness (QED) is 0.288. The summed E-state index contributed by atoms with van der Waals surface area (Å²) in [4.78, 5) is 27.8. The Balaban J connectivity index is 1.35. The molecule has 0 radical (unpaired) electrons. The van der Waals surface area contributed by atoms with Gasteiger partial charge in [-0.05, 0) is 69.5 Å². The van der Waals surface area contributed by atoms with Crippen LogP contribution in [0.3, 0.4) is 0 Å². The number of hydrogen-bond acceptors (Lipinski definition) is 7. The number of hydrogen-bond donors (Lipinski definition) is 1. The molecule has 5 rings (SSSR count). The molecule has 1 fully saturated rings. The van der Waals surface area contributed by atoms with Crippen LogP contribution in [-0.4, -0.2) is 44.6 Å². The van der Waals surface area contributed by atoms with E-state index in [-0.39, 0.29) is 12.0 Å². The summed E-state index contributed by atoms with van der Waals surface area (Å²) in [5.41, 5.74) is 2.10. The number of pyridine rings is 1. The van der Waals surface area contributed by atoms with E-state index in [0.717, 1.165) is 29.3 Å². The first kappa shape index (κ1) is 25.7. The van der Waals surface area contributed by atoms with Gasteiger partial charge in [-0.15, -0.1) is 0 Å². The number of halogens is 1. The van der Waals surface area contributed by atoms with Gasteiger partial charge in [-0.25, -0.2) is 19.7 Å². The van der Waals surface area contributed by atoms with Crippen molar-refractivity contribution < 1.29 is 14.3 Å². The van der Waals surface area contributed by atoms with Crippen molar-refractivity contribution in [3.8, 4) is 11.6 Å². The minimum absolute atomic E-state index is 0.194. The number of amides is 1. The largest absolute Gasteiger partial charge is 0.444 e. The number of para-hydroxylation sites is 1. The highest BCUT2D eigenvalue weighted by Gasteiger charge is 2.28. The second-order valence-electron chi connectivity index (χ2n) is 10.3. The molecule has 1 unspecified atom stereocenters. The van der Waals surface area contributed by atoms with Gasteiger partial charge in [0, 0.05) is 24.4 Å². The summed E-state index contributed by atoms with van der Waals surface area (Å²) in [5.74, 6) is 1.82. The van der Waals surface area contributed by atoms with Gasteiger partial charge in [0.25, 0.3) is 0 Å². The lowest BCUT2D eigenvalue weighted by atomic mass is 9.90. The number of benzene rings is 2. The van der Waals surface area contributed by atoms with Crippen LogP contribution in [-0.2, 0) is 4.74 Å². The van der Waals surface area contributed by atoms with Gasteiger partial charge in [-0.1, -0.05) is 35.9 Å². The Bertz CT molecular complexity index is 1440. The lowest BCUT2D eigenvalue weighted by Crippen LogP contribution is -2.42. The van der Waals surface area contributed by atoms with Crippen LogP contribution in [0.1, 0.15) is 45.1 Å². The molecule has 1 atom stereocenters. The maximum atomic E-state index is 12.7. The number of fused-ring (bicyclic) bond motifs is 1. The van der Waals surface area contributed by atoms with Crippen molar-refractivity contribution in [1.29, 1.82) is 0 Å². The van der Waals surface area contributed by atoms with Gasteiger partial charge in [0.2, 0.25) is 5.88 Å². The molecule has 0 bridgehead atoms. The molecule has 0 spiro atoms. The summed E-state index contributed by atoms with van der Waals surface area (Å²) in [5, 5.41) is 4.58. The molecule has 1 saturated heterocycles. The van der Waals surface area contributed by atoms with Gasteiger partial charge in [0.1, 0.15) is 28.5 Å². The van der Waals surface area contributed by atoms with Crippen molar-refractivity contribution >= 4 is 40.1 Å². The molecule has 1 amide bonds. The number of piperidine rings is 1. The molecular weight excluding hydrogens is 502 g/mol. The van der Waals surface area contributed by atoms with E-state index in [2.05, 4.69) is 32.4 Å². The molecule has 196 valence electrons. The minimum atomic E-state index is -0.519. The Morgan fingerprint density at radius 1 is 1.08 bits per heavy atom. The molecule has 4 aromatic rings. The van der Waals surface area contributed by atoms with Crippen LogP contribution in [0.25, 0.3) is 10.9 Å². The molecular formula is C29H30ClN5O3. The van der Waals surface area contributed by atoms with Gasteiger partial charge in [0.05, 0.1) is 17.4 Å². The maximum absolute atomic E-state index is 12.7. The lowest BCUT2D eigenvalue weighted by molar-refractivity contribution is 0.0198. The molecule has 38 heavy (non-hydrogen) atoms. The number of likely N-dealkylation sites (tertiary alicyclic amines) is 1. The summed E-state index contributed by atoms with van der Waals surface area (Å²) in [6, 6.07) is 17.3. The molecule has 0 saturated carbocycles. The van der Waals surface area contributed by atoms with Gasteiger partial charge in [0.15, 0.2) is 0 Å². The Kier molecular flexibility index (Phi) is 7.33. The fraction of sp³-hybridized carbons (Fsp3) is 0.310. The lowest BCUT2D eigenvalue weighted by Gasteiger charge is -2.34. The van der Waals surface area contributed by atoms with Crippen LogP contribution in [0.2, 0.25) is 5.02 Å². The van der Waals surface area contributed by atoms with Crippen LogP contribution in [0.4, 0.5) is 16.3 Å². The number of ether oxygens (including phenoxy) is 2. The van der Waals surface area contributed by atoms with Crippen LogP contribution in [0.15, 0.2) is 67.1 Å². The van der Waals surface area contributed by atoms with E-state index >= 15 is 0 Å². The number of carbonyl (C=O) groups excluding carboxylic acids is 1. The van der Waals surface area contributed by atoms with Crippen molar-refractivity contribution in [2.24, 2.45) is 0 Å². The first-order valence-corrected chi connectivity index (χ1v) is 13.0. The van der Waals surface area contributed by atoms with E-state index in [1.165, 1.54) is 6.33 Å². The molecule has 1 aliphatic rings. The van der Waals surface area contributed by atoms with Gasteiger partial charge in [-0.2, -0.15) is 0 Å². The molecule has 1 aliphatic heterocycles. The third-order valence-electron chi connectivity index (χ3n) is 6.23. The van der Waals surface area contributed by atoms with E-state index in [0.29, 0.717) is 41.2 Å². The Labute approximate surface area is 227 Å². The van der Waals surface area contributed by atoms with Crippen LogP contribution in [0.5, 0.6) is 11.6 Å². The Morgan fingerprint density at radius 3 is 2.66 bits per heavy atom. The molecule has 0 aliphatic carbocycles. The Hall–Kier alpha value is -3.91. The molecule has 3 heterocycles. The SMILES string of the molecule is CC(C)(C)OC(=O)N1CCCC(c2ccc3ncnc(Nc4cnc(Oc5ccccc5)c(Cl)c4)c3c2)C1. The number of nitrogens with zero attached hydrogens (tertiary/aromatic N) is 4. The van der Waals surface area contributed by atoms with E-state index in [9.17, 15) is 4.79 Å². The summed E-state index contributed by atoms with van der Waals surface area (Å²) in [7, 11) is 0. The molecule has 8 nitrogen and oxygen atoms in total. The van der Waals surface area contributed by atoms with Crippen molar-refractivity contribution in [3.05, 3.63) is 77.7 Å². The zero-order chi connectivity index (χ0) is 26.7. The second-order valence-corrected chi connectivity index (χ2v) is 10.7. The second kappa shape index (κ2) is 10.8. The highest BCUT2D eigenvalue weighted by atomic mass is 35.5. The summed E-state index contributed by atoms with van der Waals surface area (Å²) in [6.45, 7) is 6.97. The van der Waals surface area contributed by atoms with Crippen LogP contribution in [0, 0.1) is 0 Å². The van der Waals surface area contributed by atoms with Crippen LogP contribution >= 0.6 is 11.6 Å². The van der Waals surface area contributed by atoms with E-state index in [1.54, 1.807) is 17.2 Å². The van der Waals surface area contributed by atoms with Crippen molar-refractivity contribution in [2.45, 2.75) is 45.1 Å². The highest BCUT2D eigenvalue weighted by molar-refractivity contribution is 6.32. The van der Waals surface area contributed by atoms with Gasteiger partial charge < -0.3 is 19.7 Å². The standard InChI is InChI=1S/C29H30ClN5O3/c1-29(2,3)38-28(36)35-13-7-8-20(17-35)19-11-12-25-23(14-19)26(33-18-32-25)34-21-15-24(30)27(31-16-21)37-22-9-5-4-6-10-22/h4-6,9-12,14-16,18,20H,7-8,13,17H2,1-3H3,(H,32,33,34). The number of anilines is 2. The topological polar surface area (TPSA) is 89.5 Å². The number of nitrogens with one attached hydrogen (secondary N) is 1. The third kappa shape index (κ3) is 6.14. The fourth-order valence-electron chi connectivity index (χ4n) is 4.48. The number of aromatic nitrogens is 3. The maximum Gasteiger partial charge on any atom is 0.410 e. The smallest absolute Gasteiger partial charge is 0.410 e. The van der Waals surface area contributed by atoms with Crippen molar-refractivity contribution in [2.75, 3.05) is 18.4 Å². The predicted octanol–water partition coefficient (Wildman–Crippen LogP) is 7.33. The number of rotatable bonds is 5. The molecule has 1 N–H and O–H groups in total. The monoisotopic (exact) mass is 531 g/mol. The average molecular weight is 532 g/mol. The molecule has 9 heteroatoms. The first-order chi connectivity index (χ1) is 18.2. The molecule has 2 aromatic heterocycles. The summed E-state index contributed by atoms with van der Waals surface area (Å²) in [6.07, 6.45) is 4.82. The third-order valence-corrected chi connectivity index (χ3v) is 6.50. The zero-order valence-corrected chi connectivity index (χ0v) is 22.4. The zero-order valence-electron chi connectivity index (χ0n) is 21.6. The summed E-state index contributed by atoms with van der Waals surface area (Å²) >= 11 is 6.47. The van der Waals surface area contributed by atoms with Gasteiger partial charge in [-0.3, -0.25) is 0 Å². The normalized spacial score (nSPS) is 15.8. The summed E-state index contributed by atoms with van der Waals surface area (Å²) < 4.78 is 11.4. The van der Waals surface area contributed by atoms with E-state index in [4.69, 9.17) is 21.1 Å².